The van der Waals surface area contributed by atoms with Crippen molar-refractivity contribution < 1.29 is 0 Å². The van der Waals surface area contributed by atoms with E-state index >= 15 is 0 Å². The summed E-state index contributed by atoms with van der Waals surface area (Å²) in [5.74, 6) is 0.824. The minimum atomic E-state index is 0.526. The van der Waals surface area contributed by atoms with E-state index in [1.165, 1.54) is 38.0 Å². The molecule has 0 spiro atoms. The van der Waals surface area contributed by atoms with Crippen molar-refractivity contribution in [2.24, 2.45) is 5.92 Å². The summed E-state index contributed by atoms with van der Waals surface area (Å²) in [6.45, 7) is 9.35. The van der Waals surface area contributed by atoms with Gasteiger partial charge in [-0.2, -0.15) is 0 Å². The van der Waals surface area contributed by atoms with Crippen LogP contribution in [0.3, 0.4) is 0 Å². The Kier molecular flexibility index (Phi) is 5.21. The molecule has 2 heteroatoms. The van der Waals surface area contributed by atoms with Crippen LogP contribution >= 0.6 is 0 Å². The number of hydrogen-bond donors (Lipinski definition) is 1. The fraction of sp³-hybridized carbons (Fsp3) is 0.625. The molecule has 0 aromatic heterocycles. The molecule has 2 atom stereocenters. The van der Waals surface area contributed by atoms with Crippen LogP contribution in [-0.2, 0) is 0 Å². The van der Waals surface area contributed by atoms with Gasteiger partial charge in [0.15, 0.2) is 0 Å². The average molecular weight is 246 g/mol. The number of nitrogens with zero attached hydrogens (tertiary/aromatic N) is 1. The third-order valence-corrected chi connectivity index (χ3v) is 4.13. The topological polar surface area (TPSA) is 15.3 Å². The molecule has 18 heavy (non-hydrogen) atoms. The van der Waals surface area contributed by atoms with Crippen LogP contribution in [0.5, 0.6) is 0 Å². The lowest BCUT2D eigenvalue weighted by Gasteiger charge is -2.33. The van der Waals surface area contributed by atoms with E-state index in [0.29, 0.717) is 6.04 Å². The predicted octanol–water partition coefficient (Wildman–Crippen LogP) is 3.07. The van der Waals surface area contributed by atoms with Gasteiger partial charge >= 0.3 is 0 Å². The Hall–Kier alpha value is -0.860. The summed E-state index contributed by atoms with van der Waals surface area (Å²) in [6.07, 6.45) is 2.72. The van der Waals surface area contributed by atoms with Crippen LogP contribution in [0.2, 0.25) is 0 Å². The van der Waals surface area contributed by atoms with Crippen LogP contribution < -0.4 is 5.32 Å². The monoisotopic (exact) mass is 246 g/mol. The molecule has 100 valence electrons. The standard InChI is InChI=1S/C16H26N2/c1-3-18(13-15-8-7-11-17-12-15)14(2)16-9-5-4-6-10-16/h4-6,9-10,14-15,17H,3,7-8,11-13H2,1-2H3. The summed E-state index contributed by atoms with van der Waals surface area (Å²) < 4.78 is 0. The normalized spacial score (nSPS) is 22.1. The molecule has 0 saturated carbocycles. The minimum Gasteiger partial charge on any atom is -0.316 e. The number of hydrogen-bond acceptors (Lipinski definition) is 2. The number of nitrogens with one attached hydrogen (secondary N) is 1. The number of piperidine rings is 1. The Morgan fingerprint density at radius 3 is 2.72 bits per heavy atom. The molecule has 0 radical (unpaired) electrons. The molecule has 0 aliphatic carbocycles. The van der Waals surface area contributed by atoms with Crippen molar-refractivity contribution in [2.75, 3.05) is 26.2 Å². The van der Waals surface area contributed by atoms with E-state index in [9.17, 15) is 0 Å². The van der Waals surface area contributed by atoms with Crippen molar-refractivity contribution in [2.45, 2.75) is 32.7 Å². The molecule has 0 bridgehead atoms. The minimum absolute atomic E-state index is 0.526. The van der Waals surface area contributed by atoms with Crippen molar-refractivity contribution in [3.05, 3.63) is 35.9 Å². The number of rotatable bonds is 5. The molecule has 2 unspecified atom stereocenters. The first-order chi connectivity index (χ1) is 8.81. The zero-order chi connectivity index (χ0) is 12.8. The maximum atomic E-state index is 3.52. The van der Waals surface area contributed by atoms with Gasteiger partial charge in [0, 0.05) is 12.6 Å². The van der Waals surface area contributed by atoms with Crippen LogP contribution in [-0.4, -0.2) is 31.1 Å². The second kappa shape index (κ2) is 6.91. The molecule has 1 heterocycles. The Labute approximate surface area is 111 Å². The van der Waals surface area contributed by atoms with Gasteiger partial charge in [-0.3, -0.25) is 4.90 Å². The van der Waals surface area contributed by atoms with E-state index in [-0.39, 0.29) is 0 Å². The fourth-order valence-corrected chi connectivity index (χ4v) is 2.91. The van der Waals surface area contributed by atoms with E-state index in [1.54, 1.807) is 0 Å². The van der Waals surface area contributed by atoms with Crippen molar-refractivity contribution in [3.63, 3.8) is 0 Å². The van der Waals surface area contributed by atoms with Gasteiger partial charge in [0.25, 0.3) is 0 Å². The van der Waals surface area contributed by atoms with E-state index in [4.69, 9.17) is 0 Å². The van der Waals surface area contributed by atoms with Crippen LogP contribution in [0, 0.1) is 5.92 Å². The first-order valence-electron chi connectivity index (χ1n) is 7.31. The Bertz CT molecular complexity index is 330. The SMILES string of the molecule is CCN(CC1CCCNC1)C(C)c1ccccc1. The van der Waals surface area contributed by atoms with Gasteiger partial charge in [-0.1, -0.05) is 37.3 Å². The van der Waals surface area contributed by atoms with E-state index < -0.39 is 0 Å². The molecule has 1 aliphatic heterocycles. The van der Waals surface area contributed by atoms with E-state index in [1.807, 2.05) is 0 Å². The molecule has 1 aromatic rings. The number of benzene rings is 1. The summed E-state index contributed by atoms with van der Waals surface area (Å²) >= 11 is 0. The largest absolute Gasteiger partial charge is 0.316 e. The summed E-state index contributed by atoms with van der Waals surface area (Å²) in [7, 11) is 0. The lowest BCUT2D eigenvalue weighted by Crippen LogP contribution is -2.39. The van der Waals surface area contributed by atoms with Crippen LogP contribution in [0.15, 0.2) is 30.3 Å². The smallest absolute Gasteiger partial charge is 0.0319 e. The molecule has 0 amide bonds. The highest BCUT2D eigenvalue weighted by Crippen LogP contribution is 2.22. The van der Waals surface area contributed by atoms with Gasteiger partial charge < -0.3 is 5.32 Å². The van der Waals surface area contributed by atoms with Crippen molar-refractivity contribution >= 4 is 0 Å². The summed E-state index contributed by atoms with van der Waals surface area (Å²) in [6, 6.07) is 11.4. The second-order valence-corrected chi connectivity index (χ2v) is 5.39. The molecular weight excluding hydrogens is 220 g/mol. The first kappa shape index (κ1) is 13.6. The lowest BCUT2D eigenvalue weighted by atomic mass is 9.97. The van der Waals surface area contributed by atoms with Crippen molar-refractivity contribution in [1.82, 2.24) is 10.2 Å². The van der Waals surface area contributed by atoms with Gasteiger partial charge in [0.1, 0.15) is 0 Å². The molecule has 1 saturated heterocycles. The molecular formula is C16H26N2. The molecule has 1 aromatic carbocycles. The average Bonchev–Trinajstić information content (AvgIpc) is 2.46. The van der Waals surface area contributed by atoms with Gasteiger partial charge in [-0.15, -0.1) is 0 Å². The molecule has 2 rings (SSSR count). The van der Waals surface area contributed by atoms with Crippen molar-refractivity contribution in [1.29, 1.82) is 0 Å². The molecule has 1 aliphatic rings. The van der Waals surface area contributed by atoms with Gasteiger partial charge in [-0.25, -0.2) is 0 Å². The third kappa shape index (κ3) is 3.56. The molecule has 1 N–H and O–H groups in total. The highest BCUT2D eigenvalue weighted by molar-refractivity contribution is 5.18. The molecule has 1 fully saturated rings. The predicted molar refractivity (Wildman–Crippen MR) is 77.7 cm³/mol. The van der Waals surface area contributed by atoms with Crippen LogP contribution in [0.25, 0.3) is 0 Å². The third-order valence-electron chi connectivity index (χ3n) is 4.13. The Balaban J connectivity index is 1.95. The lowest BCUT2D eigenvalue weighted by molar-refractivity contribution is 0.171. The zero-order valence-corrected chi connectivity index (χ0v) is 11.7. The summed E-state index contributed by atoms with van der Waals surface area (Å²) in [4.78, 5) is 2.60. The quantitative estimate of drug-likeness (QED) is 0.859. The van der Waals surface area contributed by atoms with Gasteiger partial charge in [-0.05, 0) is 50.9 Å². The maximum Gasteiger partial charge on any atom is 0.0319 e. The Morgan fingerprint density at radius 2 is 2.11 bits per heavy atom. The maximum absolute atomic E-state index is 3.52. The Morgan fingerprint density at radius 1 is 1.33 bits per heavy atom. The van der Waals surface area contributed by atoms with Crippen molar-refractivity contribution in [3.8, 4) is 0 Å². The zero-order valence-electron chi connectivity index (χ0n) is 11.7. The van der Waals surface area contributed by atoms with E-state index in [2.05, 4.69) is 54.4 Å². The van der Waals surface area contributed by atoms with Gasteiger partial charge in [0.05, 0.1) is 0 Å². The first-order valence-corrected chi connectivity index (χ1v) is 7.31. The van der Waals surface area contributed by atoms with Crippen LogP contribution in [0.4, 0.5) is 0 Å². The highest BCUT2D eigenvalue weighted by atomic mass is 15.1. The summed E-state index contributed by atoms with van der Waals surface area (Å²) in [5.41, 5.74) is 1.43. The fourth-order valence-electron chi connectivity index (χ4n) is 2.91. The van der Waals surface area contributed by atoms with Gasteiger partial charge in [0.2, 0.25) is 0 Å². The molecule has 2 nitrogen and oxygen atoms in total. The highest BCUT2D eigenvalue weighted by Gasteiger charge is 2.20. The second-order valence-electron chi connectivity index (χ2n) is 5.39. The van der Waals surface area contributed by atoms with Crippen LogP contribution in [0.1, 0.15) is 38.3 Å². The summed E-state index contributed by atoms with van der Waals surface area (Å²) in [5, 5.41) is 3.52. The van der Waals surface area contributed by atoms with E-state index in [0.717, 1.165) is 12.5 Å².